The molecule has 0 saturated heterocycles. The summed E-state index contributed by atoms with van der Waals surface area (Å²) in [6, 6.07) is 52.6. The third-order valence-corrected chi connectivity index (χ3v) is 11.2. The third kappa shape index (κ3) is 3.97. The highest BCUT2D eigenvalue weighted by molar-refractivity contribution is 6.25. The Hall–Kier alpha value is -6.45. The van der Waals surface area contributed by atoms with Crippen LogP contribution in [-0.2, 0) is 5.41 Å². The molecule has 0 aliphatic heterocycles. The second-order valence-electron chi connectivity index (χ2n) is 14.4. The number of aromatic nitrogens is 3. The minimum atomic E-state index is -0.239. The molecule has 3 nitrogen and oxygen atoms in total. The van der Waals surface area contributed by atoms with Crippen molar-refractivity contribution in [1.29, 1.82) is 0 Å². The van der Waals surface area contributed by atoms with Gasteiger partial charge in [0.1, 0.15) is 0 Å². The maximum absolute atomic E-state index is 5.49. The van der Waals surface area contributed by atoms with E-state index in [2.05, 4.69) is 153 Å². The summed E-state index contributed by atoms with van der Waals surface area (Å²) in [4.78, 5) is 15.5. The number of hydrogen-bond donors (Lipinski definition) is 0. The number of fused-ring (bicyclic) bond motifs is 15. The van der Waals surface area contributed by atoms with Crippen LogP contribution in [0.5, 0.6) is 0 Å². The molecular formula is C48H31N3. The van der Waals surface area contributed by atoms with Crippen molar-refractivity contribution in [2.45, 2.75) is 19.3 Å². The quantitative estimate of drug-likeness (QED) is 0.175. The molecule has 0 N–H and O–H groups in total. The molecule has 0 amide bonds. The first kappa shape index (κ1) is 28.4. The largest absolute Gasteiger partial charge is 0.254 e. The lowest BCUT2D eigenvalue weighted by atomic mass is 9.83. The summed E-state index contributed by atoms with van der Waals surface area (Å²) in [6.45, 7) is 4.64. The molecule has 51 heavy (non-hydrogen) atoms. The van der Waals surface area contributed by atoms with Crippen LogP contribution in [0.25, 0.3) is 98.5 Å². The number of pyridine rings is 3. The molecule has 1 aliphatic carbocycles. The van der Waals surface area contributed by atoms with E-state index in [0.29, 0.717) is 0 Å². The van der Waals surface area contributed by atoms with E-state index in [-0.39, 0.29) is 5.41 Å². The summed E-state index contributed by atoms with van der Waals surface area (Å²) in [5, 5.41) is 10.9. The van der Waals surface area contributed by atoms with Gasteiger partial charge < -0.3 is 0 Å². The van der Waals surface area contributed by atoms with Crippen LogP contribution in [0.3, 0.4) is 0 Å². The molecule has 3 heterocycles. The lowest BCUT2D eigenvalue weighted by molar-refractivity contribution is 0.640. The fraction of sp³-hybridized carbons (Fsp3) is 0.0625. The van der Waals surface area contributed by atoms with E-state index in [1.54, 1.807) is 0 Å². The zero-order valence-corrected chi connectivity index (χ0v) is 28.3. The van der Waals surface area contributed by atoms with Crippen molar-refractivity contribution >= 4 is 65.0 Å². The van der Waals surface area contributed by atoms with Gasteiger partial charge in [0.2, 0.25) is 0 Å². The fourth-order valence-corrected chi connectivity index (χ4v) is 8.70. The summed E-state index contributed by atoms with van der Waals surface area (Å²) in [7, 11) is 0. The molecule has 1 aliphatic rings. The van der Waals surface area contributed by atoms with Crippen molar-refractivity contribution in [2.75, 3.05) is 0 Å². The minimum Gasteiger partial charge on any atom is -0.254 e. The zero-order valence-electron chi connectivity index (χ0n) is 28.3. The highest BCUT2D eigenvalue weighted by Gasteiger charge is 2.38. The predicted molar refractivity (Wildman–Crippen MR) is 213 cm³/mol. The summed E-state index contributed by atoms with van der Waals surface area (Å²) in [5.41, 5.74) is 12.1. The van der Waals surface area contributed by atoms with Crippen LogP contribution < -0.4 is 0 Å². The minimum absolute atomic E-state index is 0.239. The van der Waals surface area contributed by atoms with Gasteiger partial charge in [-0.3, -0.25) is 9.97 Å². The maximum atomic E-state index is 5.49. The van der Waals surface area contributed by atoms with Crippen LogP contribution in [0, 0.1) is 0 Å². The van der Waals surface area contributed by atoms with Crippen LogP contribution in [0.15, 0.2) is 152 Å². The summed E-state index contributed by atoms with van der Waals surface area (Å²) in [5.74, 6) is 0. The molecule has 3 heteroatoms. The lowest BCUT2D eigenvalue weighted by Gasteiger charge is -2.21. The molecule has 3 aromatic heterocycles. The Bertz CT molecular complexity index is 3070. The Labute approximate surface area is 294 Å². The Morgan fingerprint density at radius 3 is 1.65 bits per heavy atom. The van der Waals surface area contributed by atoms with Gasteiger partial charge in [0, 0.05) is 44.3 Å². The van der Waals surface area contributed by atoms with E-state index in [4.69, 9.17) is 15.0 Å². The molecule has 0 fully saturated rings. The van der Waals surface area contributed by atoms with Crippen LogP contribution in [0.2, 0.25) is 0 Å². The van der Waals surface area contributed by atoms with Crippen molar-refractivity contribution in [1.82, 2.24) is 15.0 Å². The molecule has 238 valence electrons. The average molecular weight is 650 g/mol. The Kier molecular flexibility index (Phi) is 5.73. The van der Waals surface area contributed by atoms with Gasteiger partial charge in [-0.1, -0.05) is 129 Å². The molecule has 0 radical (unpaired) electrons. The van der Waals surface area contributed by atoms with Gasteiger partial charge >= 0.3 is 0 Å². The van der Waals surface area contributed by atoms with Gasteiger partial charge in [0.25, 0.3) is 0 Å². The van der Waals surface area contributed by atoms with E-state index in [1.807, 2.05) is 12.3 Å². The Morgan fingerprint density at radius 2 is 0.941 bits per heavy atom. The third-order valence-electron chi connectivity index (χ3n) is 11.2. The van der Waals surface area contributed by atoms with Gasteiger partial charge in [-0.25, -0.2) is 4.98 Å². The van der Waals surface area contributed by atoms with E-state index in [1.165, 1.54) is 65.5 Å². The van der Waals surface area contributed by atoms with Crippen LogP contribution >= 0.6 is 0 Å². The van der Waals surface area contributed by atoms with Crippen molar-refractivity contribution in [2.24, 2.45) is 0 Å². The number of rotatable bonds is 2. The Balaban J connectivity index is 1.01. The average Bonchev–Trinajstić information content (AvgIpc) is 3.42. The maximum Gasteiger partial charge on any atom is 0.0978 e. The van der Waals surface area contributed by atoms with Gasteiger partial charge in [0.15, 0.2) is 0 Å². The standard InChI is InChI=1S/C48H31N3/c1-48(2)42-26-30(21-22-36(42)41-27-40-35-14-6-3-10-31(35)32-11-7-8-15-37(32)44(40)51-47(41)48)28-17-19-29(20-18-28)43-24-23-39-34-13-5-4-12-33(34)38-16-9-25-49-45(38)46(39)50-43/h3-27H,1-2H3. The summed E-state index contributed by atoms with van der Waals surface area (Å²) in [6.07, 6.45) is 1.86. The topological polar surface area (TPSA) is 38.7 Å². The monoisotopic (exact) mass is 649 g/mol. The number of nitrogens with zero attached hydrogens (tertiary/aromatic N) is 3. The van der Waals surface area contributed by atoms with Gasteiger partial charge in [-0.05, 0) is 79.5 Å². The molecule has 0 atom stereocenters. The SMILES string of the molecule is CC1(C)c2cc(-c3ccc(-c4ccc5c6ccccc6c6cccnc6c5n4)cc3)ccc2-c2cc3c4ccccc4c4ccccc4c3nc21. The van der Waals surface area contributed by atoms with E-state index in [9.17, 15) is 0 Å². The van der Waals surface area contributed by atoms with Gasteiger partial charge in [0.05, 0.1) is 27.9 Å². The van der Waals surface area contributed by atoms with E-state index < -0.39 is 0 Å². The lowest BCUT2D eigenvalue weighted by Crippen LogP contribution is -2.17. The van der Waals surface area contributed by atoms with E-state index in [0.717, 1.165) is 44.3 Å². The van der Waals surface area contributed by atoms with E-state index >= 15 is 0 Å². The zero-order chi connectivity index (χ0) is 33.8. The molecule has 0 unspecified atom stereocenters. The molecule has 0 saturated carbocycles. The molecular weight excluding hydrogens is 619 g/mol. The second kappa shape index (κ2) is 10.3. The number of benzene rings is 7. The van der Waals surface area contributed by atoms with Crippen molar-refractivity contribution in [3.63, 3.8) is 0 Å². The van der Waals surface area contributed by atoms with Crippen LogP contribution in [-0.4, -0.2) is 15.0 Å². The molecule has 7 aromatic carbocycles. The van der Waals surface area contributed by atoms with Crippen molar-refractivity contribution in [3.8, 4) is 33.5 Å². The molecule has 10 aromatic rings. The highest BCUT2D eigenvalue weighted by atomic mass is 14.8. The molecule has 11 rings (SSSR count). The first-order chi connectivity index (χ1) is 25.0. The summed E-state index contributed by atoms with van der Waals surface area (Å²) >= 11 is 0. The highest BCUT2D eigenvalue weighted by Crippen LogP contribution is 2.51. The smallest absolute Gasteiger partial charge is 0.0978 e. The van der Waals surface area contributed by atoms with Crippen molar-refractivity contribution < 1.29 is 0 Å². The number of hydrogen-bond acceptors (Lipinski definition) is 3. The fourth-order valence-electron chi connectivity index (χ4n) is 8.70. The van der Waals surface area contributed by atoms with Gasteiger partial charge in [-0.15, -0.1) is 0 Å². The summed E-state index contributed by atoms with van der Waals surface area (Å²) < 4.78 is 0. The van der Waals surface area contributed by atoms with Gasteiger partial charge in [-0.2, -0.15) is 0 Å². The second-order valence-corrected chi connectivity index (χ2v) is 14.4. The normalized spacial score (nSPS) is 13.5. The first-order valence-corrected chi connectivity index (χ1v) is 17.6. The predicted octanol–water partition coefficient (Wildman–Crippen LogP) is 12.4. The van der Waals surface area contributed by atoms with Crippen molar-refractivity contribution in [3.05, 3.63) is 163 Å². The molecule has 0 spiro atoms. The molecule has 0 bridgehead atoms. The van der Waals surface area contributed by atoms with Crippen LogP contribution in [0.4, 0.5) is 0 Å². The first-order valence-electron chi connectivity index (χ1n) is 17.6. The Morgan fingerprint density at radius 1 is 0.392 bits per heavy atom. The van der Waals surface area contributed by atoms with Crippen LogP contribution in [0.1, 0.15) is 25.1 Å².